The Balaban J connectivity index is 1.54. The quantitative estimate of drug-likeness (QED) is 0.430. The molecule has 198 valence electrons. The molecule has 0 unspecified atom stereocenters. The molecule has 1 saturated heterocycles. The van der Waals surface area contributed by atoms with Crippen LogP contribution in [-0.4, -0.2) is 70.1 Å². The van der Waals surface area contributed by atoms with Gasteiger partial charge in [0.2, 0.25) is 10.0 Å². The molecule has 14 heteroatoms. The number of rotatable bonds is 10. The lowest BCUT2D eigenvalue weighted by molar-refractivity contribution is -0.152. The number of carbonyl (C=O) groups excluding carboxylic acids is 2. The third kappa shape index (κ3) is 6.45. The molecule has 3 rings (SSSR count). The number of nitrogens with zero attached hydrogens (tertiary/aromatic N) is 2. The summed E-state index contributed by atoms with van der Waals surface area (Å²) in [6, 6.07) is 7.20. The Hall–Kier alpha value is -2.03. The second-order valence-corrected chi connectivity index (χ2v) is 13.5. The van der Waals surface area contributed by atoms with Crippen LogP contribution in [0.5, 0.6) is 0 Å². The highest BCUT2D eigenvalue weighted by atomic mass is 35.5. The van der Waals surface area contributed by atoms with E-state index in [4.69, 9.17) is 16.3 Å². The highest BCUT2D eigenvalue weighted by Crippen LogP contribution is 2.28. The maximum atomic E-state index is 12.7. The average Bonchev–Trinajstić information content (AvgIpc) is 3.40. The molecule has 0 spiro atoms. The van der Waals surface area contributed by atoms with Gasteiger partial charge in [-0.15, -0.1) is 11.3 Å². The Morgan fingerprint density at radius 3 is 2.39 bits per heavy atom. The Morgan fingerprint density at radius 1 is 1.14 bits per heavy atom. The normalized spacial score (nSPS) is 15.7. The minimum Gasteiger partial charge on any atom is -0.455 e. The Morgan fingerprint density at radius 2 is 1.81 bits per heavy atom. The van der Waals surface area contributed by atoms with Gasteiger partial charge < -0.3 is 10.1 Å². The maximum absolute atomic E-state index is 12.7. The molecular formula is C22H28ClN3O7S3. The molecule has 1 aliphatic rings. The van der Waals surface area contributed by atoms with Crippen molar-refractivity contribution < 1.29 is 31.2 Å². The van der Waals surface area contributed by atoms with Crippen LogP contribution in [0, 0.1) is 5.92 Å². The summed E-state index contributed by atoms with van der Waals surface area (Å²) < 4.78 is 58.7. The van der Waals surface area contributed by atoms with Gasteiger partial charge in [0.1, 0.15) is 4.21 Å². The van der Waals surface area contributed by atoms with Crippen LogP contribution in [0.4, 0.5) is 5.69 Å². The Labute approximate surface area is 220 Å². The van der Waals surface area contributed by atoms with E-state index < -0.39 is 44.4 Å². The zero-order valence-electron chi connectivity index (χ0n) is 19.8. The van der Waals surface area contributed by atoms with E-state index >= 15 is 0 Å². The molecule has 1 aromatic heterocycles. The van der Waals surface area contributed by atoms with E-state index in [-0.39, 0.29) is 58.8 Å². The fourth-order valence-corrected chi connectivity index (χ4v) is 8.05. The summed E-state index contributed by atoms with van der Waals surface area (Å²) in [5.74, 6) is -1.80. The van der Waals surface area contributed by atoms with E-state index in [1.807, 2.05) is 0 Å². The van der Waals surface area contributed by atoms with Gasteiger partial charge in [-0.05, 0) is 42.5 Å². The van der Waals surface area contributed by atoms with Crippen molar-refractivity contribution in [2.24, 2.45) is 5.92 Å². The van der Waals surface area contributed by atoms with Crippen LogP contribution in [-0.2, 0) is 34.4 Å². The largest absolute Gasteiger partial charge is 0.455 e. The number of esters is 1. The number of carbonyl (C=O) groups is 2. The van der Waals surface area contributed by atoms with Crippen LogP contribution < -0.4 is 5.32 Å². The fourth-order valence-electron chi connectivity index (χ4n) is 3.78. The molecule has 2 aromatic rings. The van der Waals surface area contributed by atoms with Crippen molar-refractivity contribution in [1.29, 1.82) is 0 Å². The number of amides is 1. The number of hydrogen-bond acceptors (Lipinski definition) is 8. The second-order valence-electron chi connectivity index (χ2n) is 8.00. The number of sulfonamides is 2. The van der Waals surface area contributed by atoms with Gasteiger partial charge in [0, 0.05) is 26.2 Å². The number of thiophene rings is 1. The molecule has 0 atom stereocenters. The zero-order valence-corrected chi connectivity index (χ0v) is 23.1. The van der Waals surface area contributed by atoms with Crippen LogP contribution in [0.25, 0.3) is 0 Å². The second kappa shape index (κ2) is 12.0. The van der Waals surface area contributed by atoms with Gasteiger partial charge >= 0.3 is 5.97 Å². The molecule has 0 radical (unpaired) electrons. The fraction of sp³-hybridized carbons (Fsp3) is 0.455. The molecule has 0 bridgehead atoms. The summed E-state index contributed by atoms with van der Waals surface area (Å²) >= 11 is 7.26. The van der Waals surface area contributed by atoms with Gasteiger partial charge in [-0.3, -0.25) is 9.59 Å². The number of hydrogen-bond donors (Lipinski definition) is 1. The third-order valence-corrected chi connectivity index (χ3v) is 11.4. The Kier molecular flexibility index (Phi) is 9.52. The summed E-state index contributed by atoms with van der Waals surface area (Å²) in [5, 5.41) is 4.30. The lowest BCUT2D eigenvalue weighted by Gasteiger charge is -2.29. The molecule has 1 N–H and O–H groups in total. The summed E-state index contributed by atoms with van der Waals surface area (Å²) in [6.45, 7) is 3.79. The maximum Gasteiger partial charge on any atom is 0.309 e. The van der Waals surface area contributed by atoms with E-state index in [9.17, 15) is 26.4 Å². The number of ether oxygens (including phenoxy) is 1. The standard InChI is InChI=1S/C22H28ClN3O7S3/c1-3-25(4-2)35(29,30)17-7-8-18(23)19(14-17)24-20(27)15-33-22(28)16-9-11-26(12-10-16)36(31,32)21-6-5-13-34-21/h5-8,13-14,16H,3-4,9-12,15H2,1-2H3,(H,24,27). The van der Waals surface area contributed by atoms with Crippen LogP contribution in [0.3, 0.4) is 0 Å². The first kappa shape index (κ1) is 28.5. The molecule has 0 aliphatic carbocycles. The van der Waals surface area contributed by atoms with Crippen molar-refractivity contribution in [2.75, 3.05) is 38.1 Å². The van der Waals surface area contributed by atoms with Crippen molar-refractivity contribution in [3.05, 3.63) is 40.7 Å². The van der Waals surface area contributed by atoms with Crippen molar-refractivity contribution in [2.45, 2.75) is 35.8 Å². The summed E-state index contributed by atoms with van der Waals surface area (Å²) in [4.78, 5) is 24.8. The topological polar surface area (TPSA) is 130 Å². The van der Waals surface area contributed by atoms with Gasteiger partial charge in [0.25, 0.3) is 15.9 Å². The average molecular weight is 578 g/mol. The first-order valence-corrected chi connectivity index (χ1v) is 15.4. The van der Waals surface area contributed by atoms with E-state index in [1.54, 1.807) is 31.4 Å². The van der Waals surface area contributed by atoms with Gasteiger partial charge in [-0.1, -0.05) is 31.5 Å². The monoisotopic (exact) mass is 577 g/mol. The van der Waals surface area contributed by atoms with Gasteiger partial charge in [-0.25, -0.2) is 16.8 Å². The van der Waals surface area contributed by atoms with E-state index in [2.05, 4.69) is 5.32 Å². The predicted molar refractivity (Wildman–Crippen MR) is 137 cm³/mol. The number of halogens is 1. The van der Waals surface area contributed by atoms with Gasteiger partial charge in [-0.2, -0.15) is 8.61 Å². The molecule has 1 aromatic carbocycles. The SMILES string of the molecule is CCN(CC)S(=O)(=O)c1ccc(Cl)c(NC(=O)COC(=O)C2CCN(S(=O)(=O)c3cccs3)CC2)c1. The molecule has 0 saturated carbocycles. The number of nitrogens with one attached hydrogen (secondary N) is 1. The number of anilines is 1. The van der Waals surface area contributed by atoms with Crippen LogP contribution in [0.15, 0.2) is 44.8 Å². The number of piperidine rings is 1. The lowest BCUT2D eigenvalue weighted by Crippen LogP contribution is -2.40. The first-order valence-electron chi connectivity index (χ1n) is 11.3. The van der Waals surface area contributed by atoms with E-state index in [0.29, 0.717) is 0 Å². The highest BCUT2D eigenvalue weighted by molar-refractivity contribution is 7.91. The Bertz CT molecular complexity index is 1290. The van der Waals surface area contributed by atoms with E-state index in [1.165, 1.54) is 26.8 Å². The molecule has 1 amide bonds. The molecule has 36 heavy (non-hydrogen) atoms. The first-order chi connectivity index (χ1) is 17.0. The molecule has 1 fully saturated rings. The number of benzene rings is 1. The van der Waals surface area contributed by atoms with Crippen LogP contribution >= 0.6 is 22.9 Å². The van der Waals surface area contributed by atoms with Crippen molar-refractivity contribution in [3.8, 4) is 0 Å². The molecular weight excluding hydrogens is 550 g/mol. The highest BCUT2D eigenvalue weighted by Gasteiger charge is 2.33. The minimum atomic E-state index is -3.75. The summed E-state index contributed by atoms with van der Waals surface area (Å²) in [7, 11) is -7.33. The van der Waals surface area contributed by atoms with Crippen LogP contribution in [0.1, 0.15) is 26.7 Å². The van der Waals surface area contributed by atoms with Crippen molar-refractivity contribution in [3.63, 3.8) is 0 Å². The minimum absolute atomic E-state index is 0.0212. The summed E-state index contributed by atoms with van der Waals surface area (Å²) in [5.41, 5.74) is 0.0815. The predicted octanol–water partition coefficient (Wildman–Crippen LogP) is 3.01. The van der Waals surface area contributed by atoms with Gasteiger partial charge in [0.15, 0.2) is 6.61 Å². The smallest absolute Gasteiger partial charge is 0.309 e. The molecule has 10 nitrogen and oxygen atoms in total. The van der Waals surface area contributed by atoms with Crippen molar-refractivity contribution in [1.82, 2.24) is 8.61 Å². The zero-order chi connectivity index (χ0) is 26.5. The third-order valence-electron chi connectivity index (χ3n) is 5.78. The lowest BCUT2D eigenvalue weighted by atomic mass is 9.98. The molecule has 1 aliphatic heterocycles. The summed E-state index contributed by atoms with van der Waals surface area (Å²) in [6.07, 6.45) is 0.560. The van der Waals surface area contributed by atoms with Gasteiger partial charge in [0.05, 0.1) is 21.5 Å². The van der Waals surface area contributed by atoms with Crippen LogP contribution in [0.2, 0.25) is 5.02 Å². The molecule has 2 heterocycles. The van der Waals surface area contributed by atoms with Crippen molar-refractivity contribution >= 4 is 60.5 Å². The van der Waals surface area contributed by atoms with E-state index in [0.717, 1.165) is 11.3 Å².